The van der Waals surface area contributed by atoms with E-state index in [9.17, 15) is 19.7 Å². The summed E-state index contributed by atoms with van der Waals surface area (Å²) in [6.45, 7) is 0. The highest BCUT2D eigenvalue weighted by Crippen LogP contribution is 2.49. The van der Waals surface area contributed by atoms with Crippen LogP contribution < -0.4 is 0 Å². The van der Waals surface area contributed by atoms with Gasteiger partial charge in [0, 0.05) is 0 Å². The molecule has 0 saturated heterocycles. The van der Waals surface area contributed by atoms with Crippen LogP contribution in [0.1, 0.15) is 0 Å². The molecule has 0 aliphatic rings. The highest BCUT2D eigenvalue weighted by atomic mass is 19.1. The Morgan fingerprint density at radius 1 is 0.706 bits per heavy atom. The predicted molar refractivity (Wildman–Crippen MR) is 58.5 cm³/mol. The van der Waals surface area contributed by atoms with E-state index < -0.39 is 28.8 Å². The normalized spacial score (nSPS) is 10.4. The number of hydrogen-bond acceptors (Lipinski definition) is 4. The van der Waals surface area contributed by atoms with Crippen molar-refractivity contribution in [1.82, 2.24) is 0 Å². The van der Waals surface area contributed by atoms with E-state index in [0.717, 1.165) is 0 Å². The Morgan fingerprint density at radius 3 is 1.82 bits per heavy atom. The first-order valence-electron chi connectivity index (χ1n) is 4.74. The van der Waals surface area contributed by atoms with Gasteiger partial charge in [-0.25, -0.2) is 4.39 Å². The third kappa shape index (κ3) is 1.61. The summed E-state index contributed by atoms with van der Waals surface area (Å²) in [6.07, 6.45) is 0. The van der Waals surface area contributed by atoms with Gasteiger partial charge in [0.1, 0.15) is 0 Å². The molecule has 0 atom stereocenters. The number of rotatable bonds is 1. The number of hydrogen-bond donors (Lipinski definition) is 4. The van der Waals surface area contributed by atoms with Gasteiger partial charge in [0.15, 0.2) is 17.3 Å². The van der Waals surface area contributed by atoms with Gasteiger partial charge in [-0.3, -0.25) is 0 Å². The Kier molecular flexibility index (Phi) is 2.51. The van der Waals surface area contributed by atoms with Gasteiger partial charge in [0.25, 0.3) is 0 Å². The molecule has 0 unspecified atom stereocenters. The van der Waals surface area contributed by atoms with Crippen molar-refractivity contribution in [3.8, 4) is 34.1 Å². The standard InChI is InChI=1S/C12H9FO4/c13-8-7(6-4-2-1-3-5-6)9(14)11(16)12(17)10(8)15/h1-5,14-17H. The molecule has 0 saturated carbocycles. The second kappa shape index (κ2) is 3.86. The number of phenolic OH excluding ortho intramolecular Hbond substituents is 4. The van der Waals surface area contributed by atoms with E-state index in [1.54, 1.807) is 18.2 Å². The minimum absolute atomic E-state index is 0.271. The monoisotopic (exact) mass is 236 g/mol. The van der Waals surface area contributed by atoms with Gasteiger partial charge >= 0.3 is 0 Å². The molecule has 4 N–H and O–H groups in total. The zero-order valence-electron chi connectivity index (χ0n) is 8.55. The van der Waals surface area contributed by atoms with E-state index >= 15 is 0 Å². The van der Waals surface area contributed by atoms with Crippen LogP contribution in [-0.4, -0.2) is 20.4 Å². The topological polar surface area (TPSA) is 80.9 Å². The molecule has 0 radical (unpaired) electrons. The maximum atomic E-state index is 13.7. The minimum atomic E-state index is -1.19. The molecule has 0 aromatic heterocycles. The van der Waals surface area contributed by atoms with Gasteiger partial charge in [0.2, 0.25) is 11.5 Å². The van der Waals surface area contributed by atoms with Gasteiger partial charge < -0.3 is 20.4 Å². The van der Waals surface area contributed by atoms with Gasteiger partial charge in [-0.2, -0.15) is 0 Å². The molecule has 0 bridgehead atoms. The zero-order valence-corrected chi connectivity index (χ0v) is 8.55. The van der Waals surface area contributed by atoms with Gasteiger partial charge in [0.05, 0.1) is 5.56 Å². The fourth-order valence-electron chi connectivity index (χ4n) is 1.54. The molecule has 0 fully saturated rings. The highest BCUT2D eigenvalue weighted by molar-refractivity contribution is 5.78. The smallest absolute Gasteiger partial charge is 0.207 e. The van der Waals surface area contributed by atoms with E-state index in [2.05, 4.69) is 0 Å². The molecular formula is C12H9FO4. The molecule has 0 amide bonds. The summed E-state index contributed by atoms with van der Waals surface area (Å²) in [5, 5.41) is 37.3. The SMILES string of the molecule is Oc1c(O)c(O)c(-c2ccccc2)c(F)c1O. The average molecular weight is 236 g/mol. The van der Waals surface area contributed by atoms with Crippen molar-refractivity contribution in [2.45, 2.75) is 0 Å². The summed E-state index contributed by atoms with van der Waals surface area (Å²) in [4.78, 5) is 0. The summed E-state index contributed by atoms with van der Waals surface area (Å²) >= 11 is 0. The Hall–Kier alpha value is -2.43. The van der Waals surface area contributed by atoms with Gasteiger partial charge in [-0.15, -0.1) is 0 Å². The molecule has 5 heteroatoms. The molecule has 0 heterocycles. The number of halogens is 1. The molecule has 4 nitrogen and oxygen atoms in total. The van der Waals surface area contributed by atoms with E-state index in [-0.39, 0.29) is 11.1 Å². The van der Waals surface area contributed by atoms with Crippen LogP contribution in [-0.2, 0) is 0 Å². The van der Waals surface area contributed by atoms with Crippen LogP contribution in [0, 0.1) is 5.82 Å². The Balaban J connectivity index is 2.80. The van der Waals surface area contributed by atoms with Crippen LogP contribution in [0.25, 0.3) is 11.1 Å². The lowest BCUT2D eigenvalue weighted by Crippen LogP contribution is -1.88. The third-order valence-electron chi connectivity index (χ3n) is 2.40. The quantitative estimate of drug-likeness (QED) is 0.452. The second-order valence-electron chi connectivity index (χ2n) is 3.45. The lowest BCUT2D eigenvalue weighted by Gasteiger charge is -2.11. The summed E-state index contributed by atoms with van der Waals surface area (Å²) in [7, 11) is 0. The summed E-state index contributed by atoms with van der Waals surface area (Å²) in [5.74, 6) is -5.14. The highest BCUT2D eigenvalue weighted by Gasteiger charge is 2.24. The van der Waals surface area contributed by atoms with Crippen molar-refractivity contribution in [3.05, 3.63) is 36.1 Å². The van der Waals surface area contributed by atoms with Crippen LogP contribution in [0.3, 0.4) is 0 Å². The van der Waals surface area contributed by atoms with Crippen molar-refractivity contribution < 1.29 is 24.8 Å². The van der Waals surface area contributed by atoms with Crippen LogP contribution in [0.5, 0.6) is 23.0 Å². The second-order valence-corrected chi connectivity index (χ2v) is 3.45. The van der Waals surface area contributed by atoms with E-state index in [4.69, 9.17) is 5.11 Å². The first kappa shape index (κ1) is 11.1. The number of aromatic hydroxyl groups is 4. The fourth-order valence-corrected chi connectivity index (χ4v) is 1.54. The molecule has 0 aliphatic heterocycles. The first-order valence-corrected chi connectivity index (χ1v) is 4.74. The van der Waals surface area contributed by atoms with Crippen LogP contribution in [0.4, 0.5) is 4.39 Å². The van der Waals surface area contributed by atoms with E-state index in [0.29, 0.717) is 0 Å². The largest absolute Gasteiger partial charge is 0.504 e. The Labute approximate surface area is 95.8 Å². The van der Waals surface area contributed by atoms with Crippen molar-refractivity contribution in [2.24, 2.45) is 0 Å². The Bertz CT molecular complexity index is 537. The van der Waals surface area contributed by atoms with Crippen molar-refractivity contribution in [1.29, 1.82) is 0 Å². The average Bonchev–Trinajstić information content (AvgIpc) is 2.36. The minimum Gasteiger partial charge on any atom is -0.504 e. The Morgan fingerprint density at radius 2 is 1.24 bits per heavy atom. The summed E-state index contributed by atoms with van der Waals surface area (Å²) in [6, 6.07) is 7.89. The summed E-state index contributed by atoms with van der Waals surface area (Å²) < 4.78 is 13.7. The number of phenols is 4. The lowest BCUT2D eigenvalue weighted by atomic mass is 10.0. The molecular weight excluding hydrogens is 227 g/mol. The van der Waals surface area contributed by atoms with Crippen LogP contribution >= 0.6 is 0 Å². The molecule has 0 aliphatic carbocycles. The molecule has 2 aromatic rings. The van der Waals surface area contributed by atoms with Crippen molar-refractivity contribution in [3.63, 3.8) is 0 Å². The van der Waals surface area contributed by atoms with Gasteiger partial charge in [-0.05, 0) is 5.56 Å². The van der Waals surface area contributed by atoms with Crippen molar-refractivity contribution >= 4 is 0 Å². The van der Waals surface area contributed by atoms with Gasteiger partial charge in [-0.1, -0.05) is 30.3 Å². The molecule has 88 valence electrons. The first-order chi connectivity index (χ1) is 8.04. The lowest BCUT2D eigenvalue weighted by molar-refractivity contribution is 0.333. The van der Waals surface area contributed by atoms with Crippen LogP contribution in [0.15, 0.2) is 30.3 Å². The van der Waals surface area contributed by atoms with E-state index in [1.165, 1.54) is 12.1 Å². The fraction of sp³-hybridized carbons (Fsp3) is 0. The maximum absolute atomic E-state index is 13.7. The predicted octanol–water partition coefficient (Wildman–Crippen LogP) is 2.32. The molecule has 2 rings (SSSR count). The van der Waals surface area contributed by atoms with Crippen molar-refractivity contribution in [2.75, 3.05) is 0 Å². The molecule has 2 aromatic carbocycles. The number of benzene rings is 2. The summed E-state index contributed by atoms with van der Waals surface area (Å²) in [5.41, 5.74) is -0.0912. The zero-order chi connectivity index (χ0) is 12.6. The molecule has 0 spiro atoms. The van der Waals surface area contributed by atoms with E-state index in [1.807, 2.05) is 0 Å². The van der Waals surface area contributed by atoms with Crippen LogP contribution in [0.2, 0.25) is 0 Å². The molecule has 17 heavy (non-hydrogen) atoms. The maximum Gasteiger partial charge on any atom is 0.207 e. The third-order valence-corrected chi connectivity index (χ3v) is 2.40.